The Morgan fingerprint density at radius 3 is 2.31 bits per heavy atom. The van der Waals surface area contributed by atoms with E-state index in [1.165, 1.54) is 0 Å². The average molecular weight is 226 g/mol. The standard InChI is InChI=1S/C5H10N10O/c6-4-11-2-1(13(4)7)3(16)14(8)5(12-2)15(9)10/h7-10H2,(H2,6,11). The molecule has 0 aromatic carbocycles. The first kappa shape index (κ1) is 10.0. The van der Waals surface area contributed by atoms with Crippen LogP contribution in [0.3, 0.4) is 0 Å². The van der Waals surface area contributed by atoms with E-state index in [9.17, 15) is 4.79 Å². The van der Waals surface area contributed by atoms with Gasteiger partial charge in [-0.1, -0.05) is 0 Å². The lowest BCUT2D eigenvalue weighted by Gasteiger charge is -2.12. The monoisotopic (exact) mass is 226 g/mol. The summed E-state index contributed by atoms with van der Waals surface area (Å²) in [5.74, 6) is 21.1. The van der Waals surface area contributed by atoms with Crippen molar-refractivity contribution in [2.24, 2.45) is 11.7 Å². The Labute approximate surface area is 87.9 Å². The van der Waals surface area contributed by atoms with Crippen LogP contribution < -0.4 is 39.8 Å². The van der Waals surface area contributed by atoms with Gasteiger partial charge < -0.3 is 17.4 Å². The van der Waals surface area contributed by atoms with E-state index < -0.39 is 5.56 Å². The summed E-state index contributed by atoms with van der Waals surface area (Å²) in [6, 6.07) is 0. The summed E-state index contributed by atoms with van der Waals surface area (Å²) >= 11 is 0. The average Bonchev–Trinajstić information content (AvgIpc) is 2.48. The Hall–Kier alpha value is -2.53. The van der Waals surface area contributed by atoms with Gasteiger partial charge in [0.1, 0.15) is 0 Å². The van der Waals surface area contributed by atoms with Crippen molar-refractivity contribution in [1.29, 1.82) is 0 Å². The summed E-state index contributed by atoms with van der Waals surface area (Å²) in [4.78, 5) is 19.3. The number of nitrogen functional groups attached to an aromatic ring is 3. The molecule has 0 fully saturated rings. The zero-order valence-corrected chi connectivity index (χ0v) is 8.03. The fourth-order valence-electron chi connectivity index (χ4n) is 1.25. The van der Waals surface area contributed by atoms with E-state index >= 15 is 0 Å². The van der Waals surface area contributed by atoms with Crippen LogP contribution in [-0.2, 0) is 0 Å². The largest absolute Gasteiger partial charge is 0.368 e. The Balaban J connectivity index is 2.94. The van der Waals surface area contributed by atoms with Crippen molar-refractivity contribution >= 4 is 23.1 Å². The van der Waals surface area contributed by atoms with Crippen LogP contribution in [0.2, 0.25) is 0 Å². The van der Waals surface area contributed by atoms with Gasteiger partial charge in [-0.25, -0.2) is 21.5 Å². The van der Waals surface area contributed by atoms with E-state index in [0.29, 0.717) is 9.79 Å². The maximum Gasteiger partial charge on any atom is 0.301 e. The second kappa shape index (κ2) is 2.98. The van der Waals surface area contributed by atoms with Gasteiger partial charge >= 0.3 is 5.56 Å². The lowest BCUT2D eigenvalue weighted by Crippen LogP contribution is -2.45. The van der Waals surface area contributed by atoms with E-state index in [1.807, 2.05) is 0 Å². The number of hydrazine groups is 2. The van der Waals surface area contributed by atoms with Crippen molar-refractivity contribution in [1.82, 2.24) is 19.3 Å². The first-order valence-electron chi connectivity index (χ1n) is 4.04. The summed E-state index contributed by atoms with van der Waals surface area (Å²) in [5.41, 5.74) is 4.74. The molecule has 11 nitrogen and oxygen atoms in total. The molecule has 16 heavy (non-hydrogen) atoms. The summed E-state index contributed by atoms with van der Waals surface area (Å²) in [6.45, 7) is 0. The molecule has 10 N–H and O–H groups in total. The van der Waals surface area contributed by atoms with Gasteiger partial charge in [0.05, 0.1) is 0 Å². The molecular formula is C5H10N10O. The van der Waals surface area contributed by atoms with Gasteiger partial charge in [0.25, 0.3) is 5.95 Å². The highest BCUT2D eigenvalue weighted by atomic mass is 16.1. The summed E-state index contributed by atoms with van der Waals surface area (Å²) in [7, 11) is 0. The predicted molar refractivity (Wildman–Crippen MR) is 57.4 cm³/mol. The fraction of sp³-hybridized carbons (Fsp3) is 0. The Bertz CT molecular complexity index is 608. The highest BCUT2D eigenvalue weighted by Crippen LogP contribution is 2.10. The Morgan fingerprint density at radius 2 is 1.75 bits per heavy atom. The van der Waals surface area contributed by atoms with Crippen molar-refractivity contribution in [3.63, 3.8) is 0 Å². The third-order valence-electron chi connectivity index (χ3n) is 1.99. The van der Waals surface area contributed by atoms with Gasteiger partial charge in [0, 0.05) is 0 Å². The van der Waals surface area contributed by atoms with E-state index in [1.54, 1.807) is 0 Å². The molecule has 2 aromatic heterocycles. The molecule has 0 atom stereocenters. The van der Waals surface area contributed by atoms with Crippen molar-refractivity contribution in [2.45, 2.75) is 0 Å². The van der Waals surface area contributed by atoms with Gasteiger partial charge in [-0.15, -0.1) is 0 Å². The molecule has 0 aliphatic heterocycles. The molecule has 0 spiro atoms. The fourth-order valence-corrected chi connectivity index (χ4v) is 1.25. The zero-order chi connectivity index (χ0) is 12.0. The van der Waals surface area contributed by atoms with Crippen LogP contribution in [0, 0.1) is 0 Å². The number of hydrogen-bond acceptors (Lipinski definition) is 9. The maximum atomic E-state index is 11.8. The topological polar surface area (TPSA) is 186 Å². The minimum atomic E-state index is -0.660. The first-order valence-corrected chi connectivity index (χ1v) is 4.04. The number of hydrogen-bond donors (Lipinski definition) is 5. The molecule has 2 aromatic rings. The molecule has 0 aliphatic rings. The van der Waals surface area contributed by atoms with Crippen LogP contribution >= 0.6 is 0 Å². The lowest BCUT2D eigenvalue weighted by molar-refractivity contribution is 0.788. The highest BCUT2D eigenvalue weighted by Gasteiger charge is 2.17. The molecule has 0 saturated heterocycles. The minimum absolute atomic E-state index is 0.0163. The summed E-state index contributed by atoms with van der Waals surface area (Å²) in [5, 5.41) is 0.590. The number of fused-ring (bicyclic) bond motifs is 1. The van der Waals surface area contributed by atoms with Gasteiger partial charge in [-0.2, -0.15) is 14.6 Å². The van der Waals surface area contributed by atoms with Crippen LogP contribution in [0.15, 0.2) is 4.79 Å². The molecular weight excluding hydrogens is 216 g/mol. The van der Waals surface area contributed by atoms with Crippen LogP contribution in [0.25, 0.3) is 11.2 Å². The van der Waals surface area contributed by atoms with Crippen LogP contribution in [0.1, 0.15) is 0 Å². The van der Waals surface area contributed by atoms with E-state index in [4.69, 9.17) is 29.1 Å². The number of anilines is 2. The van der Waals surface area contributed by atoms with Crippen molar-refractivity contribution in [3.05, 3.63) is 10.4 Å². The smallest absolute Gasteiger partial charge is 0.301 e. The number of nitrogens with two attached hydrogens (primary N) is 5. The molecule has 0 radical (unpaired) electrons. The van der Waals surface area contributed by atoms with Gasteiger partial charge in [-0.05, 0) is 0 Å². The van der Waals surface area contributed by atoms with Crippen LogP contribution in [0.5, 0.6) is 0 Å². The maximum absolute atomic E-state index is 11.8. The van der Waals surface area contributed by atoms with Gasteiger partial charge in [0.15, 0.2) is 11.2 Å². The van der Waals surface area contributed by atoms with Crippen LogP contribution in [0.4, 0.5) is 11.9 Å². The zero-order valence-electron chi connectivity index (χ0n) is 8.03. The third kappa shape index (κ3) is 1.12. The Morgan fingerprint density at radius 1 is 1.12 bits per heavy atom. The minimum Gasteiger partial charge on any atom is -0.368 e. The van der Waals surface area contributed by atoms with Crippen LogP contribution in [-0.4, -0.2) is 19.3 Å². The summed E-state index contributed by atoms with van der Waals surface area (Å²) in [6.07, 6.45) is 0. The molecule has 0 bridgehead atoms. The second-order valence-corrected chi connectivity index (χ2v) is 3.01. The molecule has 86 valence electrons. The number of nitrogens with zero attached hydrogens (tertiary/aromatic N) is 5. The molecule has 2 rings (SSSR count). The van der Waals surface area contributed by atoms with Gasteiger partial charge in [0.2, 0.25) is 5.95 Å². The van der Waals surface area contributed by atoms with Crippen molar-refractivity contribution < 1.29 is 0 Å². The lowest BCUT2D eigenvalue weighted by atomic mass is 10.5. The quantitative estimate of drug-likeness (QED) is 0.239. The van der Waals surface area contributed by atoms with Gasteiger partial charge in [-0.3, -0.25) is 4.79 Å². The Kier molecular flexibility index (Phi) is 1.86. The summed E-state index contributed by atoms with van der Waals surface area (Å²) < 4.78 is 1.53. The molecule has 0 unspecified atom stereocenters. The van der Waals surface area contributed by atoms with E-state index in [-0.39, 0.29) is 23.1 Å². The molecule has 0 amide bonds. The normalized spacial score (nSPS) is 10.9. The number of rotatable bonds is 1. The number of aromatic nitrogens is 4. The highest BCUT2D eigenvalue weighted by molar-refractivity contribution is 5.74. The molecule has 0 saturated carbocycles. The molecule has 0 aliphatic carbocycles. The van der Waals surface area contributed by atoms with E-state index in [0.717, 1.165) is 4.68 Å². The van der Waals surface area contributed by atoms with E-state index in [2.05, 4.69) is 9.97 Å². The molecule has 2 heterocycles. The van der Waals surface area contributed by atoms with Crippen molar-refractivity contribution in [2.75, 3.05) is 22.5 Å². The third-order valence-corrected chi connectivity index (χ3v) is 1.99. The SMILES string of the molecule is Nc1nc2nc(N(N)N)n(N)c(=O)c2n1N. The predicted octanol–water partition coefficient (Wildman–Crippen LogP) is -3.84. The molecule has 11 heteroatoms. The second-order valence-electron chi connectivity index (χ2n) is 3.01. The number of imidazole rings is 1. The first-order chi connectivity index (χ1) is 7.43. The van der Waals surface area contributed by atoms with Crippen molar-refractivity contribution in [3.8, 4) is 0 Å².